The molecule has 4 aromatic rings. The third-order valence-corrected chi connectivity index (χ3v) is 5.77. The van der Waals surface area contributed by atoms with Crippen molar-refractivity contribution in [3.05, 3.63) is 70.6 Å². The molecular weight excluding hydrogens is 393 g/mol. The summed E-state index contributed by atoms with van der Waals surface area (Å²) in [5.74, 6) is 1.79. The average molecular weight is 415 g/mol. The fourth-order valence-electron chi connectivity index (χ4n) is 4.02. The number of benzene rings is 2. The monoisotopic (exact) mass is 415 g/mol. The predicted molar refractivity (Wildman–Crippen MR) is 119 cm³/mol. The molecule has 1 saturated carbocycles. The average Bonchev–Trinajstić information content (AvgIpc) is 3.43. The fourth-order valence-corrected chi connectivity index (χ4v) is 4.02. The molecule has 4 N–H and O–H groups in total. The van der Waals surface area contributed by atoms with E-state index in [1.165, 1.54) is 18.3 Å². The number of nitrogens with zero attached hydrogens (tertiary/aromatic N) is 2. The Bertz CT molecular complexity index is 1320. The molecule has 31 heavy (non-hydrogen) atoms. The quantitative estimate of drug-likeness (QED) is 0.303. The first-order valence-corrected chi connectivity index (χ1v) is 10.2. The summed E-state index contributed by atoms with van der Waals surface area (Å²) in [6, 6.07) is 9.97. The second kappa shape index (κ2) is 7.19. The number of aromatic amines is 1. The Hall–Kier alpha value is -3.74. The Labute approximate surface area is 178 Å². The lowest BCUT2D eigenvalue weighted by atomic mass is 9.94. The third-order valence-electron chi connectivity index (χ3n) is 5.77. The Morgan fingerprint density at radius 2 is 1.97 bits per heavy atom. The highest BCUT2D eigenvalue weighted by Crippen LogP contribution is 2.41. The van der Waals surface area contributed by atoms with E-state index in [1.54, 1.807) is 12.1 Å². The molecule has 156 valence electrons. The Balaban J connectivity index is 1.78. The van der Waals surface area contributed by atoms with Crippen LogP contribution in [0.3, 0.4) is 0 Å². The summed E-state index contributed by atoms with van der Waals surface area (Å²) >= 11 is 0. The molecule has 1 fully saturated rings. The molecular formula is C24H22FN5O. The molecule has 5 rings (SSSR count). The molecule has 0 radical (unpaired) electrons. The van der Waals surface area contributed by atoms with E-state index < -0.39 is 0 Å². The highest BCUT2D eigenvalue weighted by molar-refractivity contribution is 6.21. The van der Waals surface area contributed by atoms with Gasteiger partial charge in [-0.3, -0.25) is 0 Å². The zero-order valence-electron chi connectivity index (χ0n) is 17.3. The number of imidazole rings is 1. The number of rotatable bonds is 5. The highest BCUT2D eigenvalue weighted by Gasteiger charge is 2.28. The molecule has 1 aliphatic carbocycles. The zero-order chi connectivity index (χ0) is 21.7. The lowest BCUT2D eigenvalue weighted by Crippen LogP contribution is -2.03. The predicted octanol–water partition coefficient (Wildman–Crippen LogP) is 5.33. The third kappa shape index (κ3) is 3.32. The van der Waals surface area contributed by atoms with Crippen LogP contribution < -0.4 is 5.73 Å². The van der Waals surface area contributed by atoms with Crippen LogP contribution in [0.1, 0.15) is 47.2 Å². The summed E-state index contributed by atoms with van der Waals surface area (Å²) in [7, 11) is 0. The molecule has 0 spiro atoms. The summed E-state index contributed by atoms with van der Waals surface area (Å²) < 4.78 is 18.8. The number of nitrogens with two attached hydrogens (primary N) is 1. The van der Waals surface area contributed by atoms with Gasteiger partial charge in [0.05, 0.1) is 16.7 Å². The Morgan fingerprint density at radius 3 is 2.58 bits per heavy atom. The van der Waals surface area contributed by atoms with E-state index in [-0.39, 0.29) is 5.82 Å². The summed E-state index contributed by atoms with van der Waals surface area (Å²) in [5.41, 5.74) is 13.0. The SMILES string of the molecule is Cc1noc(C)c1-c1cc(/C(C=N)=C(/N)c2ccc(F)cc2)c2nc(C3CC3)[nH]c2c1. The van der Waals surface area contributed by atoms with Crippen LogP contribution in [-0.2, 0) is 0 Å². The number of fused-ring (bicyclic) bond motifs is 1. The van der Waals surface area contributed by atoms with E-state index in [0.717, 1.165) is 57.8 Å². The number of aryl methyl sites for hydroxylation is 2. The maximum Gasteiger partial charge on any atom is 0.141 e. The molecule has 2 heterocycles. The van der Waals surface area contributed by atoms with E-state index in [1.807, 2.05) is 26.0 Å². The second-order valence-corrected chi connectivity index (χ2v) is 7.99. The summed E-state index contributed by atoms with van der Waals surface area (Å²) in [6.07, 6.45) is 3.48. The van der Waals surface area contributed by atoms with Crippen LogP contribution in [0.25, 0.3) is 33.4 Å². The van der Waals surface area contributed by atoms with Gasteiger partial charge in [0, 0.05) is 34.5 Å². The van der Waals surface area contributed by atoms with Crippen molar-refractivity contribution in [2.75, 3.05) is 0 Å². The van der Waals surface area contributed by atoms with Crippen LogP contribution in [0.5, 0.6) is 0 Å². The van der Waals surface area contributed by atoms with Gasteiger partial charge in [0.2, 0.25) is 0 Å². The van der Waals surface area contributed by atoms with Gasteiger partial charge >= 0.3 is 0 Å². The van der Waals surface area contributed by atoms with Gasteiger partial charge in [-0.15, -0.1) is 0 Å². The van der Waals surface area contributed by atoms with Gasteiger partial charge in [-0.05, 0) is 74.2 Å². The summed E-state index contributed by atoms with van der Waals surface area (Å²) in [5, 5.41) is 12.2. The standard InChI is InChI=1S/C24H22FN5O/c1-12-21(13(2)31-30-12)16-9-18(23-20(10-16)28-24(29-23)15-3-4-15)19(11-26)22(27)14-5-7-17(25)8-6-14/h5-11,15,26H,3-4,27H2,1-2H3,(H,28,29)/b22-19+,26-11?. The molecule has 7 heteroatoms. The van der Waals surface area contributed by atoms with Crippen molar-refractivity contribution in [1.82, 2.24) is 15.1 Å². The van der Waals surface area contributed by atoms with E-state index in [2.05, 4.69) is 10.1 Å². The molecule has 1 aliphatic rings. The van der Waals surface area contributed by atoms with Crippen LogP contribution in [0.2, 0.25) is 0 Å². The highest BCUT2D eigenvalue weighted by atomic mass is 19.1. The van der Waals surface area contributed by atoms with E-state index >= 15 is 0 Å². The van der Waals surface area contributed by atoms with Crippen molar-refractivity contribution >= 4 is 28.5 Å². The first kappa shape index (κ1) is 19.2. The normalized spacial score (nSPS) is 14.7. The zero-order valence-corrected chi connectivity index (χ0v) is 17.3. The van der Waals surface area contributed by atoms with Gasteiger partial charge in [0.1, 0.15) is 17.4 Å². The van der Waals surface area contributed by atoms with E-state index in [9.17, 15) is 4.39 Å². The van der Waals surface area contributed by atoms with Crippen LogP contribution in [0, 0.1) is 25.1 Å². The minimum atomic E-state index is -0.336. The number of halogens is 1. The summed E-state index contributed by atoms with van der Waals surface area (Å²) in [6.45, 7) is 3.78. The van der Waals surface area contributed by atoms with E-state index in [0.29, 0.717) is 22.8 Å². The number of allylic oxidation sites excluding steroid dienone is 1. The van der Waals surface area contributed by atoms with E-state index in [4.69, 9.17) is 20.7 Å². The lowest BCUT2D eigenvalue weighted by molar-refractivity contribution is 0.393. The van der Waals surface area contributed by atoms with Crippen LogP contribution in [0.15, 0.2) is 40.9 Å². The number of hydrogen-bond acceptors (Lipinski definition) is 5. The summed E-state index contributed by atoms with van der Waals surface area (Å²) in [4.78, 5) is 8.31. The lowest BCUT2D eigenvalue weighted by Gasteiger charge is -2.11. The Kier molecular flexibility index (Phi) is 4.46. The van der Waals surface area contributed by atoms with Crippen LogP contribution >= 0.6 is 0 Å². The molecule has 0 bridgehead atoms. The van der Waals surface area contributed by atoms with Gasteiger partial charge in [0.15, 0.2) is 0 Å². The van der Waals surface area contributed by atoms with Crippen LogP contribution in [-0.4, -0.2) is 21.3 Å². The minimum Gasteiger partial charge on any atom is -0.398 e. The molecule has 0 atom stereocenters. The van der Waals surface area contributed by atoms with Gasteiger partial charge in [-0.25, -0.2) is 9.37 Å². The topological polar surface area (TPSA) is 105 Å². The van der Waals surface area contributed by atoms with Gasteiger partial charge < -0.3 is 20.7 Å². The number of nitrogens with one attached hydrogen (secondary N) is 2. The molecule has 0 amide bonds. The molecule has 2 aromatic heterocycles. The van der Waals surface area contributed by atoms with Gasteiger partial charge in [-0.2, -0.15) is 0 Å². The second-order valence-electron chi connectivity index (χ2n) is 7.99. The minimum absolute atomic E-state index is 0.336. The first-order valence-electron chi connectivity index (χ1n) is 10.2. The van der Waals surface area contributed by atoms with Crippen molar-refractivity contribution < 1.29 is 8.91 Å². The number of hydrogen-bond donors (Lipinski definition) is 3. The van der Waals surface area contributed by atoms with Crippen molar-refractivity contribution in [1.29, 1.82) is 5.41 Å². The first-order chi connectivity index (χ1) is 15.0. The van der Waals surface area contributed by atoms with Gasteiger partial charge in [0.25, 0.3) is 0 Å². The van der Waals surface area contributed by atoms with Crippen molar-refractivity contribution in [2.24, 2.45) is 5.73 Å². The molecule has 0 unspecified atom stereocenters. The molecule has 0 aliphatic heterocycles. The van der Waals surface area contributed by atoms with Crippen LogP contribution in [0.4, 0.5) is 4.39 Å². The Morgan fingerprint density at radius 1 is 1.23 bits per heavy atom. The number of aromatic nitrogens is 3. The van der Waals surface area contributed by atoms with Crippen molar-refractivity contribution in [3.8, 4) is 11.1 Å². The smallest absolute Gasteiger partial charge is 0.141 e. The largest absolute Gasteiger partial charge is 0.398 e. The maximum atomic E-state index is 13.4. The molecule has 2 aromatic carbocycles. The number of H-pyrrole nitrogens is 1. The van der Waals surface area contributed by atoms with Crippen molar-refractivity contribution in [2.45, 2.75) is 32.6 Å². The molecule has 6 nitrogen and oxygen atoms in total. The fraction of sp³-hybridized carbons (Fsp3) is 0.208. The maximum absolute atomic E-state index is 13.4. The molecule has 0 saturated heterocycles. The van der Waals surface area contributed by atoms with Gasteiger partial charge in [-0.1, -0.05) is 5.16 Å². The van der Waals surface area contributed by atoms with Crippen molar-refractivity contribution in [3.63, 3.8) is 0 Å².